The molecule has 0 saturated heterocycles. The third kappa shape index (κ3) is 3.94. The van der Waals surface area contributed by atoms with Crippen LogP contribution in [0.15, 0.2) is 6.20 Å². The summed E-state index contributed by atoms with van der Waals surface area (Å²) in [5.74, 6) is -0.130. The maximum Gasteiger partial charge on any atom is 0.273 e. The highest BCUT2D eigenvalue weighted by Crippen LogP contribution is 2.26. The Labute approximate surface area is 117 Å². The molecule has 2 rings (SSSR count). The van der Waals surface area contributed by atoms with Gasteiger partial charge in [-0.2, -0.15) is 11.8 Å². The molecule has 7 heteroatoms. The van der Waals surface area contributed by atoms with Crippen LogP contribution in [0.3, 0.4) is 0 Å². The number of nitrogens with one attached hydrogen (secondary N) is 1. The lowest BCUT2D eigenvalue weighted by Gasteiger charge is -2.28. The van der Waals surface area contributed by atoms with E-state index in [0.29, 0.717) is 24.0 Å². The highest BCUT2D eigenvalue weighted by atomic mass is 32.2. The Kier molecular flexibility index (Phi) is 5.21. The minimum atomic E-state index is -0.130. The maximum atomic E-state index is 12.1. The van der Waals surface area contributed by atoms with E-state index in [1.807, 2.05) is 11.8 Å². The van der Waals surface area contributed by atoms with Crippen LogP contribution >= 0.6 is 11.8 Å². The molecule has 0 aliphatic heterocycles. The molecule has 3 N–H and O–H groups in total. The predicted molar refractivity (Wildman–Crippen MR) is 76.1 cm³/mol. The van der Waals surface area contributed by atoms with Crippen molar-refractivity contribution < 1.29 is 4.79 Å². The molecule has 0 spiro atoms. The minimum absolute atomic E-state index is 0.130. The number of carbonyl (C=O) groups excluding carboxylic acids is 1. The van der Waals surface area contributed by atoms with E-state index in [2.05, 4.69) is 21.9 Å². The van der Waals surface area contributed by atoms with Crippen LogP contribution in [0, 0.1) is 0 Å². The number of thioether (sulfide) groups is 1. The molecular formula is C12H21N5OS. The van der Waals surface area contributed by atoms with Crippen LogP contribution in [0.5, 0.6) is 0 Å². The molecule has 19 heavy (non-hydrogen) atoms. The van der Waals surface area contributed by atoms with Crippen molar-refractivity contribution in [3.8, 4) is 0 Å². The van der Waals surface area contributed by atoms with Gasteiger partial charge in [-0.05, 0) is 25.5 Å². The summed E-state index contributed by atoms with van der Waals surface area (Å²) >= 11 is 1.89. The van der Waals surface area contributed by atoms with Crippen molar-refractivity contribution in [2.24, 2.45) is 5.73 Å². The number of amides is 1. The van der Waals surface area contributed by atoms with Gasteiger partial charge < -0.3 is 11.1 Å². The first-order valence-electron chi connectivity index (χ1n) is 6.66. The summed E-state index contributed by atoms with van der Waals surface area (Å²) < 4.78 is 1.60. The number of hydrogen-bond donors (Lipinski definition) is 2. The standard InChI is InChI=1S/C12H21N5OS/c1-19-10-4-2-3-9(7-10)14-12(18)11-8-17(6-5-13)16-15-11/h8-10H,2-7,13H2,1H3,(H,14,18). The summed E-state index contributed by atoms with van der Waals surface area (Å²) in [5, 5.41) is 11.5. The quantitative estimate of drug-likeness (QED) is 0.828. The zero-order chi connectivity index (χ0) is 13.7. The van der Waals surface area contributed by atoms with Gasteiger partial charge in [-0.3, -0.25) is 9.48 Å². The average Bonchev–Trinajstić information content (AvgIpc) is 2.88. The molecule has 1 fully saturated rings. The average molecular weight is 283 g/mol. The number of carbonyl (C=O) groups is 1. The summed E-state index contributed by atoms with van der Waals surface area (Å²) in [4.78, 5) is 12.1. The van der Waals surface area contributed by atoms with Crippen LogP contribution in [-0.2, 0) is 6.54 Å². The van der Waals surface area contributed by atoms with Crippen molar-refractivity contribution in [3.05, 3.63) is 11.9 Å². The van der Waals surface area contributed by atoms with Crippen molar-refractivity contribution in [2.45, 2.75) is 43.5 Å². The highest BCUT2D eigenvalue weighted by Gasteiger charge is 2.23. The molecule has 1 aromatic heterocycles. The largest absolute Gasteiger partial charge is 0.348 e. The topological polar surface area (TPSA) is 85.8 Å². The molecule has 1 aliphatic carbocycles. The zero-order valence-corrected chi connectivity index (χ0v) is 12.0. The first kappa shape index (κ1) is 14.3. The van der Waals surface area contributed by atoms with Gasteiger partial charge in [0, 0.05) is 17.8 Å². The van der Waals surface area contributed by atoms with E-state index in [4.69, 9.17) is 5.73 Å². The summed E-state index contributed by atoms with van der Waals surface area (Å²) in [5.41, 5.74) is 5.81. The monoisotopic (exact) mass is 283 g/mol. The van der Waals surface area contributed by atoms with Gasteiger partial charge in [0.05, 0.1) is 12.7 Å². The van der Waals surface area contributed by atoms with Crippen LogP contribution in [0.1, 0.15) is 36.2 Å². The Morgan fingerprint density at radius 1 is 1.63 bits per heavy atom. The van der Waals surface area contributed by atoms with E-state index >= 15 is 0 Å². The Bertz CT molecular complexity index is 422. The van der Waals surface area contributed by atoms with Gasteiger partial charge in [-0.15, -0.1) is 5.10 Å². The van der Waals surface area contributed by atoms with E-state index < -0.39 is 0 Å². The lowest BCUT2D eigenvalue weighted by atomic mass is 9.95. The van der Waals surface area contributed by atoms with Crippen molar-refractivity contribution >= 4 is 17.7 Å². The smallest absolute Gasteiger partial charge is 0.273 e. The second-order valence-corrected chi connectivity index (χ2v) is 5.99. The third-order valence-electron chi connectivity index (χ3n) is 3.42. The third-order valence-corrected chi connectivity index (χ3v) is 4.52. The molecule has 1 aromatic rings. The lowest BCUT2D eigenvalue weighted by molar-refractivity contribution is 0.0923. The lowest BCUT2D eigenvalue weighted by Crippen LogP contribution is -2.39. The fourth-order valence-electron chi connectivity index (χ4n) is 2.39. The minimum Gasteiger partial charge on any atom is -0.348 e. The van der Waals surface area contributed by atoms with E-state index in [9.17, 15) is 4.79 Å². The molecule has 106 valence electrons. The van der Waals surface area contributed by atoms with Gasteiger partial charge in [0.15, 0.2) is 5.69 Å². The van der Waals surface area contributed by atoms with E-state index in [1.165, 1.54) is 12.8 Å². The molecule has 2 atom stereocenters. The molecule has 1 saturated carbocycles. The molecule has 0 bridgehead atoms. The van der Waals surface area contributed by atoms with E-state index in [1.54, 1.807) is 10.9 Å². The summed E-state index contributed by atoms with van der Waals surface area (Å²) in [6.07, 6.45) is 8.31. The highest BCUT2D eigenvalue weighted by molar-refractivity contribution is 7.99. The number of aromatic nitrogens is 3. The van der Waals surface area contributed by atoms with Crippen LogP contribution in [0.25, 0.3) is 0 Å². The second-order valence-electron chi connectivity index (χ2n) is 4.85. The Morgan fingerprint density at radius 3 is 3.21 bits per heavy atom. The molecule has 1 amide bonds. The van der Waals surface area contributed by atoms with Crippen LogP contribution in [0.4, 0.5) is 0 Å². The summed E-state index contributed by atoms with van der Waals surface area (Å²) in [6, 6.07) is 0.262. The van der Waals surface area contributed by atoms with Gasteiger partial charge >= 0.3 is 0 Å². The van der Waals surface area contributed by atoms with Gasteiger partial charge in [-0.1, -0.05) is 11.6 Å². The SMILES string of the molecule is CSC1CCCC(NC(=O)c2cn(CCN)nn2)C1. The zero-order valence-electron chi connectivity index (χ0n) is 11.2. The fourth-order valence-corrected chi connectivity index (χ4v) is 3.22. The van der Waals surface area contributed by atoms with Gasteiger partial charge in [0.2, 0.25) is 0 Å². The number of nitrogens with zero attached hydrogens (tertiary/aromatic N) is 3. The van der Waals surface area contributed by atoms with Crippen molar-refractivity contribution in [2.75, 3.05) is 12.8 Å². The van der Waals surface area contributed by atoms with Crippen molar-refractivity contribution in [1.82, 2.24) is 20.3 Å². The first-order chi connectivity index (χ1) is 9.22. The Balaban J connectivity index is 1.88. The van der Waals surface area contributed by atoms with Crippen LogP contribution in [0.2, 0.25) is 0 Å². The van der Waals surface area contributed by atoms with Crippen molar-refractivity contribution in [1.29, 1.82) is 0 Å². The Hall–Kier alpha value is -1.08. The summed E-state index contributed by atoms with van der Waals surface area (Å²) in [6.45, 7) is 1.07. The number of rotatable bonds is 5. The second kappa shape index (κ2) is 6.91. The van der Waals surface area contributed by atoms with E-state index in [0.717, 1.165) is 12.8 Å². The summed E-state index contributed by atoms with van der Waals surface area (Å²) in [7, 11) is 0. The molecular weight excluding hydrogens is 262 g/mol. The molecule has 2 unspecified atom stereocenters. The van der Waals surface area contributed by atoms with Gasteiger partial charge in [0.25, 0.3) is 5.91 Å². The van der Waals surface area contributed by atoms with E-state index in [-0.39, 0.29) is 11.9 Å². The normalized spacial score (nSPS) is 23.3. The predicted octanol–water partition coefficient (Wildman–Crippen LogP) is 0.641. The molecule has 6 nitrogen and oxygen atoms in total. The molecule has 1 aliphatic rings. The fraction of sp³-hybridized carbons (Fsp3) is 0.750. The Morgan fingerprint density at radius 2 is 2.47 bits per heavy atom. The first-order valence-corrected chi connectivity index (χ1v) is 7.95. The van der Waals surface area contributed by atoms with Gasteiger partial charge in [0.1, 0.15) is 0 Å². The number of hydrogen-bond acceptors (Lipinski definition) is 5. The van der Waals surface area contributed by atoms with Gasteiger partial charge in [-0.25, -0.2) is 0 Å². The molecule has 1 heterocycles. The number of nitrogens with two attached hydrogens (primary N) is 1. The maximum absolute atomic E-state index is 12.1. The van der Waals surface area contributed by atoms with Crippen molar-refractivity contribution in [3.63, 3.8) is 0 Å². The molecule has 0 radical (unpaired) electrons. The molecule has 0 aromatic carbocycles. The van der Waals surface area contributed by atoms with Crippen LogP contribution in [-0.4, -0.2) is 45.0 Å². The van der Waals surface area contributed by atoms with Crippen LogP contribution < -0.4 is 11.1 Å².